The van der Waals surface area contributed by atoms with Gasteiger partial charge in [0.1, 0.15) is 6.29 Å². The number of aldehydes is 1. The molecule has 1 aromatic carbocycles. The largest absolute Gasteiger partial charge is 0.369 e. The SMILES string of the molecule is O=Cc1cccc(N2CC3CC(C2)S3(=O)=O)c1. The zero-order valence-corrected chi connectivity index (χ0v) is 10.1. The summed E-state index contributed by atoms with van der Waals surface area (Å²) >= 11 is 0. The van der Waals surface area contributed by atoms with Crippen LogP contribution in [-0.2, 0) is 9.84 Å². The van der Waals surface area contributed by atoms with Crippen LogP contribution in [0.1, 0.15) is 16.8 Å². The molecule has 4 rings (SSSR count). The first-order valence-electron chi connectivity index (χ1n) is 5.64. The first-order chi connectivity index (χ1) is 8.11. The van der Waals surface area contributed by atoms with Crippen LogP contribution in [0.3, 0.4) is 0 Å². The van der Waals surface area contributed by atoms with Gasteiger partial charge in [0.15, 0.2) is 9.84 Å². The van der Waals surface area contributed by atoms with Crippen molar-refractivity contribution in [3.05, 3.63) is 29.8 Å². The average Bonchev–Trinajstić information content (AvgIpc) is 2.39. The van der Waals surface area contributed by atoms with Gasteiger partial charge in [0.2, 0.25) is 0 Å². The third kappa shape index (κ3) is 1.57. The number of anilines is 1. The van der Waals surface area contributed by atoms with Crippen LogP contribution >= 0.6 is 0 Å². The predicted octanol–water partition coefficient (Wildman–Crippen LogP) is 0.875. The Labute approximate surface area is 100 Å². The van der Waals surface area contributed by atoms with Crippen molar-refractivity contribution < 1.29 is 13.2 Å². The number of hydrogen-bond acceptors (Lipinski definition) is 4. The second kappa shape index (κ2) is 3.57. The highest BCUT2D eigenvalue weighted by Crippen LogP contribution is 2.37. The maximum Gasteiger partial charge on any atom is 0.159 e. The van der Waals surface area contributed by atoms with Gasteiger partial charge in [-0.05, 0) is 18.6 Å². The Kier molecular flexibility index (Phi) is 2.26. The van der Waals surface area contributed by atoms with E-state index in [1.165, 1.54) is 0 Å². The van der Waals surface area contributed by atoms with Crippen LogP contribution in [0.5, 0.6) is 0 Å². The van der Waals surface area contributed by atoms with Gasteiger partial charge in [-0.15, -0.1) is 0 Å². The Balaban J connectivity index is 1.86. The Morgan fingerprint density at radius 1 is 1.24 bits per heavy atom. The van der Waals surface area contributed by atoms with Crippen molar-refractivity contribution in [1.29, 1.82) is 0 Å². The van der Waals surface area contributed by atoms with Crippen molar-refractivity contribution in [2.24, 2.45) is 0 Å². The van der Waals surface area contributed by atoms with Crippen molar-refractivity contribution >= 4 is 21.8 Å². The number of nitrogens with zero attached hydrogens (tertiary/aromatic N) is 1. The number of rotatable bonds is 2. The van der Waals surface area contributed by atoms with E-state index in [4.69, 9.17) is 0 Å². The maximum absolute atomic E-state index is 11.6. The Morgan fingerprint density at radius 2 is 1.94 bits per heavy atom. The van der Waals surface area contributed by atoms with Crippen LogP contribution < -0.4 is 4.90 Å². The molecule has 0 aliphatic carbocycles. The van der Waals surface area contributed by atoms with Gasteiger partial charge in [-0.3, -0.25) is 4.79 Å². The van der Waals surface area contributed by atoms with E-state index in [2.05, 4.69) is 4.90 Å². The van der Waals surface area contributed by atoms with Gasteiger partial charge >= 0.3 is 0 Å². The third-order valence-corrected chi connectivity index (χ3v) is 6.22. The van der Waals surface area contributed by atoms with Gasteiger partial charge in [-0.2, -0.15) is 0 Å². The molecule has 0 aromatic heterocycles. The normalized spacial score (nSPS) is 29.5. The van der Waals surface area contributed by atoms with Gasteiger partial charge in [-0.1, -0.05) is 12.1 Å². The van der Waals surface area contributed by atoms with Crippen molar-refractivity contribution in [3.8, 4) is 0 Å². The Bertz CT molecular complexity index is 549. The van der Waals surface area contributed by atoms with E-state index in [-0.39, 0.29) is 10.5 Å². The zero-order valence-electron chi connectivity index (χ0n) is 9.24. The average molecular weight is 251 g/mol. The Morgan fingerprint density at radius 3 is 2.53 bits per heavy atom. The highest BCUT2D eigenvalue weighted by molar-refractivity contribution is 7.94. The van der Waals surface area contributed by atoms with Crippen LogP contribution in [0.4, 0.5) is 5.69 Å². The zero-order chi connectivity index (χ0) is 12.0. The first-order valence-corrected chi connectivity index (χ1v) is 7.25. The second-order valence-corrected chi connectivity index (χ2v) is 7.20. The van der Waals surface area contributed by atoms with Crippen molar-refractivity contribution in [3.63, 3.8) is 0 Å². The second-order valence-electron chi connectivity index (χ2n) is 4.69. The molecule has 4 nitrogen and oxygen atoms in total. The molecule has 0 spiro atoms. The van der Waals surface area contributed by atoms with E-state index in [0.29, 0.717) is 18.7 Å². The maximum atomic E-state index is 11.6. The molecule has 3 saturated heterocycles. The summed E-state index contributed by atoms with van der Waals surface area (Å²) < 4.78 is 23.3. The van der Waals surface area contributed by atoms with Gasteiger partial charge in [-0.25, -0.2) is 8.42 Å². The fourth-order valence-electron chi connectivity index (χ4n) is 2.64. The molecule has 3 aliphatic rings. The molecule has 2 bridgehead atoms. The minimum Gasteiger partial charge on any atom is -0.369 e. The Hall–Kier alpha value is -1.36. The van der Waals surface area contributed by atoms with E-state index >= 15 is 0 Å². The lowest BCUT2D eigenvalue weighted by Gasteiger charge is -2.47. The molecule has 3 aliphatic heterocycles. The number of hydrogen-bond donors (Lipinski definition) is 0. The molecule has 0 saturated carbocycles. The highest BCUT2D eigenvalue weighted by atomic mass is 32.2. The molecule has 90 valence electrons. The van der Waals surface area contributed by atoms with Crippen LogP contribution in [0, 0.1) is 0 Å². The highest BCUT2D eigenvalue weighted by Gasteiger charge is 2.51. The summed E-state index contributed by atoms with van der Waals surface area (Å²) in [5.74, 6) is 0. The summed E-state index contributed by atoms with van der Waals surface area (Å²) in [6.45, 7) is 1.11. The molecule has 17 heavy (non-hydrogen) atoms. The van der Waals surface area contributed by atoms with Crippen LogP contribution in [0.2, 0.25) is 0 Å². The molecule has 2 atom stereocenters. The predicted molar refractivity (Wildman–Crippen MR) is 65.2 cm³/mol. The van der Waals surface area contributed by atoms with Crippen LogP contribution in [0.15, 0.2) is 24.3 Å². The summed E-state index contributed by atoms with van der Waals surface area (Å²) in [6.07, 6.45) is 1.61. The van der Waals surface area contributed by atoms with E-state index < -0.39 is 9.84 Å². The number of piperidine rings is 1. The monoisotopic (exact) mass is 251 g/mol. The van der Waals surface area contributed by atoms with Crippen molar-refractivity contribution in [1.82, 2.24) is 0 Å². The van der Waals surface area contributed by atoms with E-state index in [1.807, 2.05) is 18.2 Å². The lowest BCUT2D eigenvalue weighted by molar-refractivity contribution is 0.112. The number of carbonyl (C=O) groups is 1. The van der Waals surface area contributed by atoms with Crippen molar-refractivity contribution in [2.75, 3.05) is 18.0 Å². The number of sulfone groups is 1. The lowest BCUT2D eigenvalue weighted by Crippen LogP contribution is -2.62. The molecule has 3 fully saturated rings. The van der Waals surface area contributed by atoms with Gasteiger partial charge < -0.3 is 4.90 Å². The molecule has 1 aromatic rings. The van der Waals surface area contributed by atoms with Crippen LogP contribution in [-0.4, -0.2) is 38.3 Å². The minimum atomic E-state index is -2.83. The van der Waals surface area contributed by atoms with Gasteiger partial charge in [0, 0.05) is 24.3 Å². The molecular formula is C12H13NO3S. The number of benzene rings is 1. The topological polar surface area (TPSA) is 54.5 Å². The molecule has 3 heterocycles. The van der Waals surface area contributed by atoms with Crippen molar-refractivity contribution in [2.45, 2.75) is 16.9 Å². The summed E-state index contributed by atoms with van der Waals surface area (Å²) in [5, 5.41) is -0.415. The summed E-state index contributed by atoms with van der Waals surface area (Å²) in [5.41, 5.74) is 1.57. The molecule has 0 N–H and O–H groups in total. The smallest absolute Gasteiger partial charge is 0.159 e. The summed E-state index contributed by atoms with van der Waals surface area (Å²) in [7, 11) is -2.83. The van der Waals surface area contributed by atoms with Gasteiger partial charge in [0.25, 0.3) is 0 Å². The molecule has 5 heteroatoms. The molecule has 2 unspecified atom stereocenters. The first kappa shape index (κ1) is 10.8. The summed E-state index contributed by atoms with van der Waals surface area (Å²) in [4.78, 5) is 12.8. The minimum absolute atomic E-state index is 0.207. The van der Waals surface area contributed by atoms with Gasteiger partial charge in [0.05, 0.1) is 10.5 Å². The van der Waals surface area contributed by atoms with E-state index in [9.17, 15) is 13.2 Å². The van der Waals surface area contributed by atoms with Crippen LogP contribution in [0.25, 0.3) is 0 Å². The lowest BCUT2D eigenvalue weighted by atomic mass is 10.1. The summed E-state index contributed by atoms with van der Waals surface area (Å²) in [6, 6.07) is 7.31. The quantitative estimate of drug-likeness (QED) is 0.732. The van der Waals surface area contributed by atoms with E-state index in [1.54, 1.807) is 6.07 Å². The molecule has 0 radical (unpaired) electrons. The standard InChI is InChI=1S/C12H13NO3S/c14-8-9-2-1-3-10(4-9)13-6-11-5-12(7-13)17(11,15)16/h1-4,8,11-12H,5-7H2. The fraction of sp³-hybridized carbons (Fsp3) is 0.417. The number of fused-ring (bicyclic) bond motifs is 2. The third-order valence-electron chi connectivity index (χ3n) is 3.67. The molecular weight excluding hydrogens is 238 g/mol. The van der Waals surface area contributed by atoms with E-state index in [0.717, 1.165) is 18.4 Å². The number of carbonyl (C=O) groups excluding carboxylic acids is 1. The molecule has 0 amide bonds. The fourth-order valence-corrected chi connectivity index (χ4v) is 4.60.